The monoisotopic (exact) mass is 271 g/mol. The highest BCUT2D eigenvalue weighted by Crippen LogP contribution is 2.37. The highest BCUT2D eigenvalue weighted by Gasteiger charge is 2.52. The lowest BCUT2D eigenvalue weighted by molar-refractivity contribution is 0.00578. The summed E-state index contributed by atoms with van der Waals surface area (Å²) in [5.41, 5.74) is 1.72. The minimum Gasteiger partial charge on any atom is -0.399 e. The van der Waals surface area contributed by atoms with Crippen molar-refractivity contribution in [2.45, 2.75) is 38.9 Å². The SMILES string of the molecule is CC1(C)OB(c2cccc3c(C=O)c[nH]c23)OC1(C)C. The van der Waals surface area contributed by atoms with Gasteiger partial charge in [0.2, 0.25) is 0 Å². The fourth-order valence-corrected chi connectivity index (χ4v) is 2.46. The topological polar surface area (TPSA) is 51.3 Å². The molecule has 20 heavy (non-hydrogen) atoms. The summed E-state index contributed by atoms with van der Waals surface area (Å²) in [4.78, 5) is 14.2. The van der Waals surface area contributed by atoms with Crippen molar-refractivity contribution < 1.29 is 14.1 Å². The van der Waals surface area contributed by atoms with Crippen molar-refractivity contribution in [1.82, 2.24) is 4.98 Å². The molecule has 0 atom stereocenters. The van der Waals surface area contributed by atoms with Crippen LogP contribution >= 0.6 is 0 Å². The van der Waals surface area contributed by atoms with E-state index in [0.717, 1.165) is 22.7 Å². The first-order valence-electron chi connectivity index (χ1n) is 6.76. The Morgan fingerprint density at radius 3 is 2.40 bits per heavy atom. The lowest BCUT2D eigenvalue weighted by Gasteiger charge is -2.32. The average Bonchev–Trinajstić information content (AvgIpc) is 2.88. The van der Waals surface area contributed by atoms with Gasteiger partial charge in [0, 0.05) is 28.1 Å². The molecule has 0 amide bonds. The van der Waals surface area contributed by atoms with Gasteiger partial charge >= 0.3 is 7.12 Å². The summed E-state index contributed by atoms with van der Waals surface area (Å²) >= 11 is 0. The summed E-state index contributed by atoms with van der Waals surface area (Å²) in [6, 6.07) is 5.81. The highest BCUT2D eigenvalue weighted by atomic mass is 16.7. The van der Waals surface area contributed by atoms with Crippen molar-refractivity contribution in [2.24, 2.45) is 0 Å². The Kier molecular flexibility index (Phi) is 2.82. The van der Waals surface area contributed by atoms with Gasteiger partial charge in [-0.1, -0.05) is 18.2 Å². The van der Waals surface area contributed by atoms with E-state index in [9.17, 15) is 4.79 Å². The number of H-pyrrole nitrogens is 1. The van der Waals surface area contributed by atoms with Gasteiger partial charge in [0.15, 0.2) is 6.29 Å². The number of carbonyl (C=O) groups excluding carboxylic acids is 1. The molecule has 1 aliphatic rings. The first-order valence-corrected chi connectivity index (χ1v) is 6.76. The highest BCUT2D eigenvalue weighted by molar-refractivity contribution is 6.65. The summed E-state index contributed by atoms with van der Waals surface area (Å²) in [7, 11) is -0.429. The molecule has 0 unspecified atom stereocenters. The second-order valence-electron chi connectivity index (χ2n) is 6.22. The van der Waals surface area contributed by atoms with Crippen LogP contribution in [0.15, 0.2) is 24.4 Å². The molecule has 1 aromatic heterocycles. The molecule has 0 aliphatic carbocycles. The third-order valence-corrected chi connectivity index (χ3v) is 4.41. The molecule has 0 radical (unpaired) electrons. The molecule has 0 saturated carbocycles. The van der Waals surface area contributed by atoms with Gasteiger partial charge in [0.25, 0.3) is 0 Å². The smallest absolute Gasteiger partial charge is 0.399 e. The van der Waals surface area contributed by atoms with Crippen LogP contribution in [0.2, 0.25) is 0 Å². The third-order valence-electron chi connectivity index (χ3n) is 4.41. The zero-order chi connectivity index (χ0) is 14.5. The van der Waals surface area contributed by atoms with Crippen LogP contribution in [0.1, 0.15) is 38.1 Å². The molecule has 1 saturated heterocycles. The Morgan fingerprint density at radius 2 is 1.80 bits per heavy atom. The number of para-hydroxylation sites is 1. The molecule has 1 aliphatic heterocycles. The minimum absolute atomic E-state index is 0.375. The fraction of sp³-hybridized carbons (Fsp3) is 0.400. The summed E-state index contributed by atoms with van der Waals surface area (Å²) in [5.74, 6) is 0. The number of hydrogen-bond acceptors (Lipinski definition) is 3. The number of fused-ring (bicyclic) bond motifs is 1. The van der Waals surface area contributed by atoms with Crippen LogP contribution in [0.5, 0.6) is 0 Å². The van der Waals surface area contributed by atoms with Gasteiger partial charge in [0.05, 0.1) is 11.2 Å². The molecule has 4 nitrogen and oxygen atoms in total. The number of nitrogens with one attached hydrogen (secondary N) is 1. The van der Waals surface area contributed by atoms with Crippen LogP contribution in [0.3, 0.4) is 0 Å². The van der Waals surface area contributed by atoms with Gasteiger partial charge in [-0.3, -0.25) is 4.79 Å². The van der Waals surface area contributed by atoms with Crippen molar-refractivity contribution in [1.29, 1.82) is 0 Å². The summed E-state index contributed by atoms with van der Waals surface area (Å²) in [5, 5.41) is 0.896. The maximum Gasteiger partial charge on any atom is 0.497 e. The van der Waals surface area contributed by atoms with Crippen molar-refractivity contribution in [2.75, 3.05) is 0 Å². The number of hydrogen-bond donors (Lipinski definition) is 1. The number of benzene rings is 1. The van der Waals surface area contributed by atoms with E-state index >= 15 is 0 Å². The first-order chi connectivity index (χ1) is 9.36. The second-order valence-corrected chi connectivity index (χ2v) is 6.22. The Bertz CT molecular complexity index is 659. The quantitative estimate of drug-likeness (QED) is 0.673. The van der Waals surface area contributed by atoms with Gasteiger partial charge in [-0.25, -0.2) is 0 Å². The Hall–Kier alpha value is -1.59. The number of aromatic amines is 1. The van der Waals surface area contributed by atoms with Crippen LogP contribution in [0.25, 0.3) is 10.9 Å². The van der Waals surface area contributed by atoms with Crippen LogP contribution in [0, 0.1) is 0 Å². The van der Waals surface area contributed by atoms with E-state index in [1.165, 1.54) is 0 Å². The maximum absolute atomic E-state index is 11.0. The van der Waals surface area contributed by atoms with Crippen molar-refractivity contribution >= 4 is 29.8 Å². The zero-order valence-electron chi connectivity index (χ0n) is 12.2. The lowest BCUT2D eigenvalue weighted by Crippen LogP contribution is -2.41. The molecule has 5 heteroatoms. The van der Waals surface area contributed by atoms with Crippen molar-refractivity contribution in [3.05, 3.63) is 30.0 Å². The van der Waals surface area contributed by atoms with Gasteiger partial charge < -0.3 is 14.3 Å². The molecule has 3 rings (SSSR count). The van der Waals surface area contributed by atoms with Crippen LogP contribution in [-0.4, -0.2) is 29.6 Å². The number of rotatable bonds is 2. The molecule has 1 aromatic carbocycles. The Morgan fingerprint density at radius 1 is 1.15 bits per heavy atom. The molecular weight excluding hydrogens is 253 g/mol. The van der Waals surface area contributed by atoms with Crippen molar-refractivity contribution in [3.63, 3.8) is 0 Å². The molecule has 1 fully saturated rings. The number of carbonyl (C=O) groups is 1. The maximum atomic E-state index is 11.0. The van der Waals surface area contributed by atoms with E-state index < -0.39 is 7.12 Å². The fourth-order valence-electron chi connectivity index (χ4n) is 2.46. The zero-order valence-corrected chi connectivity index (χ0v) is 12.2. The first kappa shape index (κ1) is 13.4. The van der Waals surface area contributed by atoms with E-state index in [-0.39, 0.29) is 11.2 Å². The normalized spacial score (nSPS) is 20.5. The largest absolute Gasteiger partial charge is 0.497 e. The van der Waals surface area contributed by atoms with Crippen LogP contribution in [-0.2, 0) is 9.31 Å². The van der Waals surface area contributed by atoms with Crippen molar-refractivity contribution in [3.8, 4) is 0 Å². The summed E-state index contributed by atoms with van der Waals surface area (Å²) in [6.07, 6.45) is 2.57. The van der Waals surface area contributed by atoms with E-state index in [2.05, 4.69) is 4.98 Å². The van der Waals surface area contributed by atoms with E-state index in [1.807, 2.05) is 45.9 Å². The lowest BCUT2D eigenvalue weighted by atomic mass is 9.78. The van der Waals surface area contributed by atoms with E-state index in [1.54, 1.807) is 6.20 Å². The number of aromatic nitrogens is 1. The average molecular weight is 271 g/mol. The van der Waals surface area contributed by atoms with Gasteiger partial charge in [-0.2, -0.15) is 0 Å². The van der Waals surface area contributed by atoms with E-state index in [0.29, 0.717) is 5.56 Å². The number of aldehydes is 1. The molecule has 0 bridgehead atoms. The third kappa shape index (κ3) is 1.81. The predicted octanol–water partition coefficient (Wildman–Crippen LogP) is 2.28. The van der Waals surface area contributed by atoms with Gasteiger partial charge in [-0.15, -0.1) is 0 Å². The van der Waals surface area contributed by atoms with Gasteiger partial charge in [-0.05, 0) is 27.7 Å². The standard InChI is InChI=1S/C15H18BNO3/c1-14(2)15(3,4)20-16(19-14)12-7-5-6-11-10(9-18)8-17-13(11)12/h5-9,17H,1-4H3. The Balaban J connectivity index is 2.08. The second kappa shape index (κ2) is 4.20. The summed E-state index contributed by atoms with van der Waals surface area (Å²) < 4.78 is 12.1. The molecule has 2 aromatic rings. The molecule has 0 spiro atoms. The van der Waals surface area contributed by atoms with Gasteiger partial charge in [0.1, 0.15) is 0 Å². The molecule has 2 heterocycles. The molecule has 1 N–H and O–H groups in total. The van der Waals surface area contributed by atoms with Crippen LogP contribution in [0.4, 0.5) is 0 Å². The summed E-state index contributed by atoms with van der Waals surface area (Å²) in [6.45, 7) is 8.11. The predicted molar refractivity (Wildman–Crippen MR) is 79.4 cm³/mol. The molecular formula is C15H18BNO3. The Labute approximate surface area is 118 Å². The minimum atomic E-state index is -0.429. The van der Waals surface area contributed by atoms with E-state index in [4.69, 9.17) is 9.31 Å². The van der Waals surface area contributed by atoms with Crippen LogP contribution < -0.4 is 5.46 Å². The molecule has 104 valence electrons.